The first kappa shape index (κ1) is 9.93. The molecule has 2 aliphatic rings. The van der Waals surface area contributed by atoms with Crippen molar-refractivity contribution in [1.29, 1.82) is 0 Å². The van der Waals surface area contributed by atoms with E-state index in [1.165, 1.54) is 12.8 Å². The van der Waals surface area contributed by atoms with Crippen molar-refractivity contribution in [1.82, 2.24) is 10.2 Å². The van der Waals surface area contributed by atoms with E-state index in [0.717, 1.165) is 6.54 Å². The van der Waals surface area contributed by atoms with Crippen molar-refractivity contribution >= 4 is 5.91 Å². The van der Waals surface area contributed by atoms with Crippen LogP contribution in [0.25, 0.3) is 0 Å². The highest BCUT2D eigenvalue weighted by molar-refractivity contribution is 5.83. The fraction of sp³-hybridized carbons (Fsp3) is 0.900. The van der Waals surface area contributed by atoms with Gasteiger partial charge in [-0.1, -0.05) is 0 Å². The molecular formula is C10H19N3O. The van der Waals surface area contributed by atoms with Crippen LogP contribution in [0.15, 0.2) is 0 Å². The van der Waals surface area contributed by atoms with Gasteiger partial charge in [-0.3, -0.25) is 9.69 Å². The molecule has 0 spiro atoms. The van der Waals surface area contributed by atoms with E-state index in [1.54, 1.807) is 0 Å². The maximum atomic E-state index is 11.6. The van der Waals surface area contributed by atoms with Crippen molar-refractivity contribution in [2.24, 2.45) is 5.73 Å². The number of amides is 1. The number of piperazine rings is 1. The Morgan fingerprint density at radius 2 is 2.21 bits per heavy atom. The molecular weight excluding hydrogens is 178 g/mol. The van der Waals surface area contributed by atoms with Gasteiger partial charge in [0.15, 0.2) is 0 Å². The molecule has 1 atom stereocenters. The highest BCUT2D eigenvalue weighted by atomic mass is 16.2. The van der Waals surface area contributed by atoms with Crippen molar-refractivity contribution in [2.75, 3.05) is 13.1 Å². The molecule has 2 fully saturated rings. The third kappa shape index (κ3) is 1.53. The Labute approximate surface area is 84.8 Å². The lowest BCUT2D eigenvalue weighted by Gasteiger charge is -2.47. The Morgan fingerprint density at radius 3 is 2.71 bits per heavy atom. The summed E-state index contributed by atoms with van der Waals surface area (Å²) in [5.74, 6) is 0.0960. The van der Waals surface area contributed by atoms with Gasteiger partial charge in [0.25, 0.3) is 0 Å². The highest BCUT2D eigenvalue weighted by Crippen LogP contribution is 2.35. The van der Waals surface area contributed by atoms with Crippen molar-refractivity contribution in [2.45, 2.75) is 44.3 Å². The van der Waals surface area contributed by atoms with Crippen LogP contribution in [0.3, 0.4) is 0 Å². The van der Waals surface area contributed by atoms with E-state index >= 15 is 0 Å². The van der Waals surface area contributed by atoms with Gasteiger partial charge in [-0.2, -0.15) is 0 Å². The lowest BCUT2D eigenvalue weighted by atomic mass is 9.95. The quantitative estimate of drug-likeness (QED) is 0.638. The van der Waals surface area contributed by atoms with Crippen LogP contribution in [0.2, 0.25) is 0 Å². The maximum absolute atomic E-state index is 11.6. The summed E-state index contributed by atoms with van der Waals surface area (Å²) in [6.07, 6.45) is 2.43. The topological polar surface area (TPSA) is 58.4 Å². The predicted octanol–water partition coefficient (Wildman–Crippen LogP) is -0.313. The first-order valence-corrected chi connectivity index (χ1v) is 5.32. The van der Waals surface area contributed by atoms with Gasteiger partial charge in [0, 0.05) is 24.7 Å². The molecule has 4 nitrogen and oxygen atoms in total. The number of rotatable bonds is 2. The summed E-state index contributed by atoms with van der Waals surface area (Å²) in [5, 5.41) is 2.93. The fourth-order valence-electron chi connectivity index (χ4n) is 2.38. The molecule has 1 saturated heterocycles. The Hall–Kier alpha value is -0.610. The number of nitrogens with one attached hydrogen (secondary N) is 1. The van der Waals surface area contributed by atoms with Crippen molar-refractivity contribution in [3.63, 3.8) is 0 Å². The van der Waals surface area contributed by atoms with Gasteiger partial charge >= 0.3 is 0 Å². The molecule has 1 heterocycles. The van der Waals surface area contributed by atoms with Gasteiger partial charge < -0.3 is 11.1 Å². The van der Waals surface area contributed by atoms with Crippen LogP contribution < -0.4 is 11.1 Å². The minimum atomic E-state index is -0.119. The number of nitrogens with two attached hydrogens (primary N) is 1. The Bertz CT molecular complexity index is 248. The molecule has 3 N–H and O–H groups in total. The second kappa shape index (κ2) is 3.21. The van der Waals surface area contributed by atoms with Crippen molar-refractivity contribution < 1.29 is 4.79 Å². The molecule has 1 amide bonds. The van der Waals surface area contributed by atoms with E-state index in [2.05, 4.69) is 24.1 Å². The zero-order chi connectivity index (χ0) is 10.3. The standard InChI is InChI=1S/C10H19N3O/c1-10(2)6-12-9(14)8(5-11)13(10)7-3-4-7/h7-8H,3-6,11H2,1-2H3,(H,12,14). The van der Waals surface area contributed by atoms with Crippen LogP contribution in [-0.4, -0.2) is 41.5 Å². The lowest BCUT2D eigenvalue weighted by Crippen LogP contribution is -2.67. The van der Waals surface area contributed by atoms with Crippen LogP contribution in [-0.2, 0) is 4.79 Å². The van der Waals surface area contributed by atoms with Gasteiger partial charge in [0.1, 0.15) is 6.04 Å². The summed E-state index contributed by atoms with van der Waals surface area (Å²) in [5.41, 5.74) is 5.72. The molecule has 2 rings (SSSR count). The van der Waals surface area contributed by atoms with E-state index in [-0.39, 0.29) is 17.5 Å². The van der Waals surface area contributed by atoms with E-state index in [0.29, 0.717) is 12.6 Å². The molecule has 1 unspecified atom stereocenters. The van der Waals surface area contributed by atoms with Crippen LogP contribution >= 0.6 is 0 Å². The fourth-order valence-corrected chi connectivity index (χ4v) is 2.38. The summed E-state index contributed by atoms with van der Waals surface area (Å²) in [4.78, 5) is 13.9. The molecule has 4 heteroatoms. The van der Waals surface area contributed by atoms with E-state index in [9.17, 15) is 4.79 Å². The average molecular weight is 197 g/mol. The summed E-state index contributed by atoms with van der Waals surface area (Å²) in [6.45, 7) is 5.51. The zero-order valence-corrected chi connectivity index (χ0v) is 8.92. The number of carbonyl (C=O) groups is 1. The molecule has 1 aliphatic carbocycles. The molecule has 1 aliphatic heterocycles. The summed E-state index contributed by atoms with van der Waals surface area (Å²) < 4.78 is 0. The number of hydrogen-bond acceptors (Lipinski definition) is 3. The monoisotopic (exact) mass is 197 g/mol. The summed E-state index contributed by atoms with van der Waals surface area (Å²) >= 11 is 0. The minimum Gasteiger partial charge on any atom is -0.353 e. The first-order chi connectivity index (χ1) is 6.56. The van der Waals surface area contributed by atoms with Crippen LogP contribution in [0, 0.1) is 0 Å². The van der Waals surface area contributed by atoms with Crippen molar-refractivity contribution in [3.05, 3.63) is 0 Å². The Morgan fingerprint density at radius 1 is 1.57 bits per heavy atom. The van der Waals surface area contributed by atoms with Gasteiger partial charge in [-0.15, -0.1) is 0 Å². The lowest BCUT2D eigenvalue weighted by molar-refractivity contribution is -0.134. The van der Waals surface area contributed by atoms with Gasteiger partial charge in [-0.05, 0) is 26.7 Å². The third-order valence-electron chi connectivity index (χ3n) is 3.20. The maximum Gasteiger partial charge on any atom is 0.238 e. The zero-order valence-electron chi connectivity index (χ0n) is 8.92. The van der Waals surface area contributed by atoms with E-state index in [1.807, 2.05) is 0 Å². The molecule has 0 bridgehead atoms. The average Bonchev–Trinajstić information content (AvgIpc) is 2.91. The summed E-state index contributed by atoms with van der Waals surface area (Å²) in [6, 6.07) is 0.468. The molecule has 80 valence electrons. The number of nitrogens with zero attached hydrogens (tertiary/aromatic N) is 1. The molecule has 0 aromatic rings. The largest absolute Gasteiger partial charge is 0.353 e. The number of hydrogen-bond donors (Lipinski definition) is 2. The van der Waals surface area contributed by atoms with Gasteiger partial charge in [-0.25, -0.2) is 0 Å². The van der Waals surface area contributed by atoms with E-state index < -0.39 is 0 Å². The van der Waals surface area contributed by atoms with E-state index in [4.69, 9.17) is 5.73 Å². The summed E-state index contributed by atoms with van der Waals surface area (Å²) in [7, 11) is 0. The third-order valence-corrected chi connectivity index (χ3v) is 3.20. The van der Waals surface area contributed by atoms with Gasteiger partial charge in [0.2, 0.25) is 5.91 Å². The van der Waals surface area contributed by atoms with Crippen LogP contribution in [0.1, 0.15) is 26.7 Å². The molecule has 0 aromatic heterocycles. The minimum absolute atomic E-state index is 0.0547. The Balaban J connectivity index is 2.21. The van der Waals surface area contributed by atoms with Crippen molar-refractivity contribution in [3.8, 4) is 0 Å². The number of carbonyl (C=O) groups excluding carboxylic acids is 1. The predicted molar refractivity (Wildman–Crippen MR) is 54.8 cm³/mol. The molecule has 0 radical (unpaired) electrons. The second-order valence-electron chi connectivity index (χ2n) is 4.92. The normalized spacial score (nSPS) is 32.8. The Kier molecular flexibility index (Phi) is 2.27. The highest BCUT2D eigenvalue weighted by Gasteiger charge is 2.47. The first-order valence-electron chi connectivity index (χ1n) is 5.32. The van der Waals surface area contributed by atoms with Crippen LogP contribution in [0.4, 0.5) is 0 Å². The van der Waals surface area contributed by atoms with Crippen LogP contribution in [0.5, 0.6) is 0 Å². The SMILES string of the molecule is CC1(C)CNC(=O)C(CN)N1C1CC1. The molecule has 1 saturated carbocycles. The smallest absolute Gasteiger partial charge is 0.238 e. The molecule has 0 aromatic carbocycles. The second-order valence-corrected chi connectivity index (χ2v) is 4.92. The molecule has 14 heavy (non-hydrogen) atoms. The van der Waals surface area contributed by atoms with Gasteiger partial charge in [0.05, 0.1) is 0 Å².